The molecule has 0 aliphatic rings. The molecule has 1 rings (SSSR count). The molecule has 0 bridgehead atoms. The number of hydrogen-bond acceptors (Lipinski definition) is 1. The molecular formula is C11H12ClF6N. The van der Waals surface area contributed by atoms with Crippen LogP contribution in [-0.4, -0.2) is 0 Å². The van der Waals surface area contributed by atoms with Crippen molar-refractivity contribution in [3.8, 4) is 0 Å². The number of alkyl halides is 6. The molecule has 0 fully saturated rings. The fourth-order valence-corrected chi connectivity index (χ4v) is 1.43. The molecule has 19 heavy (non-hydrogen) atoms. The third-order valence-corrected chi connectivity index (χ3v) is 2.48. The fraction of sp³-hybridized carbons (Fsp3) is 0.455. The molecule has 0 radical (unpaired) electrons. The SMILES string of the molecule is CC[C@@H](N)c1cc(C(F)(F)F)cc(C(F)(F)F)c1.Cl. The molecular weight excluding hydrogens is 296 g/mol. The van der Waals surface area contributed by atoms with Crippen LogP contribution >= 0.6 is 12.4 Å². The molecule has 1 aromatic carbocycles. The summed E-state index contributed by atoms with van der Waals surface area (Å²) in [5.41, 5.74) is 2.64. The molecule has 0 saturated heterocycles. The van der Waals surface area contributed by atoms with Gasteiger partial charge in [0.05, 0.1) is 11.1 Å². The van der Waals surface area contributed by atoms with Crippen LogP contribution in [0.4, 0.5) is 26.3 Å². The standard InChI is InChI=1S/C11H11F6N.ClH/c1-2-9(18)6-3-7(10(12,13)14)5-8(4-6)11(15,16)17;/h3-5,9H,2,18H2,1H3;1H/t9-;/m1./s1. The van der Waals surface area contributed by atoms with Crippen molar-refractivity contribution < 1.29 is 26.3 Å². The molecule has 1 nitrogen and oxygen atoms in total. The fourth-order valence-electron chi connectivity index (χ4n) is 1.43. The molecule has 1 atom stereocenters. The summed E-state index contributed by atoms with van der Waals surface area (Å²) in [6, 6.07) is 0.548. The third-order valence-electron chi connectivity index (χ3n) is 2.48. The number of halogens is 7. The van der Waals surface area contributed by atoms with Crippen molar-refractivity contribution in [1.29, 1.82) is 0 Å². The minimum absolute atomic E-state index is 0. The zero-order valence-electron chi connectivity index (χ0n) is 9.77. The first-order chi connectivity index (χ1) is 8.05. The number of hydrogen-bond donors (Lipinski definition) is 1. The predicted octanol–water partition coefficient (Wildman–Crippen LogP) is 4.56. The maximum Gasteiger partial charge on any atom is 0.416 e. The predicted molar refractivity (Wildman–Crippen MR) is 60.9 cm³/mol. The van der Waals surface area contributed by atoms with Gasteiger partial charge >= 0.3 is 12.4 Å². The molecule has 0 unspecified atom stereocenters. The summed E-state index contributed by atoms with van der Waals surface area (Å²) in [6.07, 6.45) is -9.41. The van der Waals surface area contributed by atoms with E-state index in [9.17, 15) is 26.3 Å². The maximum absolute atomic E-state index is 12.5. The maximum atomic E-state index is 12.5. The second-order valence-electron chi connectivity index (χ2n) is 3.85. The Morgan fingerprint density at radius 1 is 0.947 bits per heavy atom. The average Bonchev–Trinajstić information content (AvgIpc) is 2.25. The zero-order chi connectivity index (χ0) is 14.1. The lowest BCUT2D eigenvalue weighted by atomic mass is 9.99. The Bertz CT molecular complexity index is 394. The van der Waals surface area contributed by atoms with Crippen molar-refractivity contribution in [3.05, 3.63) is 34.9 Å². The highest BCUT2D eigenvalue weighted by atomic mass is 35.5. The molecule has 0 saturated carbocycles. The van der Waals surface area contributed by atoms with E-state index in [1.54, 1.807) is 6.92 Å². The molecule has 0 amide bonds. The second-order valence-corrected chi connectivity index (χ2v) is 3.85. The van der Waals surface area contributed by atoms with Crippen LogP contribution in [0.5, 0.6) is 0 Å². The lowest BCUT2D eigenvalue weighted by Gasteiger charge is -2.16. The van der Waals surface area contributed by atoms with E-state index in [2.05, 4.69) is 0 Å². The lowest BCUT2D eigenvalue weighted by molar-refractivity contribution is -0.143. The minimum Gasteiger partial charge on any atom is -0.324 e. The van der Waals surface area contributed by atoms with E-state index in [4.69, 9.17) is 5.73 Å². The summed E-state index contributed by atoms with van der Waals surface area (Å²) in [5.74, 6) is 0. The van der Waals surface area contributed by atoms with Crippen molar-refractivity contribution in [2.24, 2.45) is 5.73 Å². The first-order valence-electron chi connectivity index (χ1n) is 5.10. The van der Waals surface area contributed by atoms with Crippen LogP contribution in [0, 0.1) is 0 Å². The van der Waals surface area contributed by atoms with Crippen LogP contribution in [0.2, 0.25) is 0 Å². The third kappa shape index (κ3) is 4.58. The van der Waals surface area contributed by atoms with Gasteiger partial charge in [-0.05, 0) is 30.2 Å². The highest BCUT2D eigenvalue weighted by molar-refractivity contribution is 5.85. The number of rotatable bonds is 2. The van der Waals surface area contributed by atoms with Crippen molar-refractivity contribution in [1.82, 2.24) is 0 Å². The van der Waals surface area contributed by atoms with Gasteiger partial charge in [-0.25, -0.2) is 0 Å². The molecule has 1 aromatic rings. The Morgan fingerprint density at radius 3 is 1.58 bits per heavy atom. The van der Waals surface area contributed by atoms with Gasteiger partial charge in [0.2, 0.25) is 0 Å². The van der Waals surface area contributed by atoms with E-state index in [0.29, 0.717) is 12.1 Å². The van der Waals surface area contributed by atoms with Gasteiger partial charge in [0.25, 0.3) is 0 Å². The molecule has 8 heteroatoms. The van der Waals surface area contributed by atoms with E-state index >= 15 is 0 Å². The van der Waals surface area contributed by atoms with Gasteiger partial charge in [0, 0.05) is 6.04 Å². The molecule has 110 valence electrons. The molecule has 0 spiro atoms. The van der Waals surface area contributed by atoms with Gasteiger partial charge in [0.1, 0.15) is 0 Å². The van der Waals surface area contributed by atoms with Crippen LogP contribution in [0.15, 0.2) is 18.2 Å². The summed E-state index contributed by atoms with van der Waals surface area (Å²) < 4.78 is 75.0. The summed E-state index contributed by atoms with van der Waals surface area (Å²) in [5, 5.41) is 0. The van der Waals surface area contributed by atoms with Crippen LogP contribution in [0.3, 0.4) is 0 Å². The van der Waals surface area contributed by atoms with E-state index < -0.39 is 29.5 Å². The monoisotopic (exact) mass is 307 g/mol. The van der Waals surface area contributed by atoms with Crippen LogP contribution in [0.1, 0.15) is 36.1 Å². The summed E-state index contributed by atoms with van der Waals surface area (Å²) in [6.45, 7) is 1.58. The lowest BCUT2D eigenvalue weighted by Crippen LogP contribution is -2.15. The molecule has 0 aliphatic heterocycles. The van der Waals surface area contributed by atoms with Gasteiger partial charge in [-0.2, -0.15) is 26.3 Å². The highest BCUT2D eigenvalue weighted by Crippen LogP contribution is 2.37. The zero-order valence-corrected chi connectivity index (χ0v) is 10.6. The number of nitrogens with two attached hydrogens (primary N) is 1. The topological polar surface area (TPSA) is 26.0 Å². The van der Waals surface area contributed by atoms with Crippen molar-refractivity contribution >= 4 is 12.4 Å². The smallest absolute Gasteiger partial charge is 0.324 e. The van der Waals surface area contributed by atoms with Crippen LogP contribution in [-0.2, 0) is 12.4 Å². The van der Waals surface area contributed by atoms with E-state index in [1.807, 2.05) is 0 Å². The van der Waals surface area contributed by atoms with E-state index in [-0.39, 0.29) is 30.5 Å². The van der Waals surface area contributed by atoms with Gasteiger partial charge in [0.15, 0.2) is 0 Å². The van der Waals surface area contributed by atoms with Crippen molar-refractivity contribution in [3.63, 3.8) is 0 Å². The molecule has 0 aliphatic carbocycles. The van der Waals surface area contributed by atoms with Gasteiger partial charge in [-0.1, -0.05) is 6.92 Å². The first kappa shape index (κ1) is 18.0. The largest absolute Gasteiger partial charge is 0.416 e. The minimum atomic E-state index is -4.83. The highest BCUT2D eigenvalue weighted by Gasteiger charge is 2.37. The molecule has 2 N–H and O–H groups in total. The van der Waals surface area contributed by atoms with Crippen molar-refractivity contribution in [2.45, 2.75) is 31.7 Å². The second kappa shape index (κ2) is 6.00. The van der Waals surface area contributed by atoms with Crippen LogP contribution in [0.25, 0.3) is 0 Å². The van der Waals surface area contributed by atoms with Crippen LogP contribution < -0.4 is 5.73 Å². The Morgan fingerprint density at radius 2 is 1.32 bits per heavy atom. The molecule has 0 heterocycles. The van der Waals surface area contributed by atoms with Crippen molar-refractivity contribution in [2.75, 3.05) is 0 Å². The average molecular weight is 308 g/mol. The first-order valence-corrected chi connectivity index (χ1v) is 5.10. The normalized spacial score (nSPS) is 13.9. The van der Waals surface area contributed by atoms with Gasteiger partial charge < -0.3 is 5.73 Å². The number of benzene rings is 1. The Balaban J connectivity index is 0.00000324. The van der Waals surface area contributed by atoms with Gasteiger partial charge in [-0.3, -0.25) is 0 Å². The van der Waals surface area contributed by atoms with Gasteiger partial charge in [-0.15, -0.1) is 12.4 Å². The summed E-state index contributed by atoms with van der Waals surface area (Å²) in [7, 11) is 0. The quantitative estimate of drug-likeness (QED) is 0.797. The van der Waals surface area contributed by atoms with E-state index in [1.165, 1.54) is 0 Å². The molecule has 0 aromatic heterocycles. The Hall–Kier alpha value is -0.950. The Labute approximate surface area is 112 Å². The van der Waals surface area contributed by atoms with E-state index in [0.717, 1.165) is 0 Å². The summed E-state index contributed by atoms with van der Waals surface area (Å²) in [4.78, 5) is 0. The Kier molecular flexibility index (Phi) is 5.70. The summed E-state index contributed by atoms with van der Waals surface area (Å²) >= 11 is 0.